The smallest absolute Gasteiger partial charge is 0.342 e. The lowest BCUT2D eigenvalue weighted by atomic mass is 9.85. The van der Waals surface area contributed by atoms with Gasteiger partial charge < -0.3 is 9.73 Å². The molecule has 2 aromatic heterocycles. The zero-order valence-corrected chi connectivity index (χ0v) is 15.6. The number of nitrogens with one attached hydrogen (secondary N) is 1. The first-order valence-electron chi connectivity index (χ1n) is 9.19. The monoisotopic (exact) mass is 381 g/mol. The summed E-state index contributed by atoms with van der Waals surface area (Å²) in [5, 5.41) is 8.90. The van der Waals surface area contributed by atoms with Gasteiger partial charge in [0.05, 0.1) is 11.6 Å². The van der Waals surface area contributed by atoms with E-state index in [1.54, 1.807) is 11.3 Å². The Morgan fingerprint density at radius 3 is 2.50 bits per heavy atom. The molecule has 6 rings (SSSR count). The van der Waals surface area contributed by atoms with Crippen molar-refractivity contribution >= 4 is 38.8 Å². The number of anilines is 1. The second kappa shape index (κ2) is 5.81. The highest BCUT2D eigenvalue weighted by Gasteiger charge is 2.32. The van der Waals surface area contributed by atoms with E-state index in [-0.39, 0.29) is 11.7 Å². The van der Waals surface area contributed by atoms with Gasteiger partial charge in [0.1, 0.15) is 5.58 Å². The van der Waals surface area contributed by atoms with Gasteiger partial charge in [-0.3, -0.25) is 0 Å². The quantitative estimate of drug-likeness (QED) is 0.352. The van der Waals surface area contributed by atoms with Crippen LogP contribution in [0.2, 0.25) is 0 Å². The Hall–Kier alpha value is -3.37. The molecule has 134 valence electrons. The molecule has 0 radical (unpaired) electrons. The van der Waals surface area contributed by atoms with Crippen LogP contribution in [-0.2, 0) is 0 Å². The molecular formula is C24H15NO2S. The average Bonchev–Trinajstić information content (AvgIpc) is 3.27. The minimum Gasteiger partial charge on any atom is -0.422 e. The highest BCUT2D eigenvalue weighted by Crippen LogP contribution is 2.48. The maximum absolute atomic E-state index is 13.1. The molecule has 0 saturated carbocycles. The molecule has 1 aliphatic rings. The van der Waals surface area contributed by atoms with Gasteiger partial charge in [0.25, 0.3) is 0 Å². The summed E-state index contributed by atoms with van der Waals surface area (Å²) in [5.41, 5.74) is 4.13. The maximum atomic E-state index is 13.1. The summed E-state index contributed by atoms with van der Waals surface area (Å²) in [4.78, 5) is 14.2. The van der Waals surface area contributed by atoms with E-state index in [2.05, 4.69) is 35.6 Å². The largest absolute Gasteiger partial charge is 0.422 e. The number of rotatable bonds is 1. The summed E-state index contributed by atoms with van der Waals surface area (Å²) < 4.78 is 5.72. The molecule has 0 unspecified atom stereocenters. The van der Waals surface area contributed by atoms with Gasteiger partial charge >= 0.3 is 5.63 Å². The fourth-order valence-electron chi connectivity index (χ4n) is 4.25. The van der Waals surface area contributed by atoms with Gasteiger partial charge in [-0.1, -0.05) is 54.6 Å². The Morgan fingerprint density at radius 1 is 0.821 bits per heavy atom. The number of thiophene rings is 1. The number of benzene rings is 3. The van der Waals surface area contributed by atoms with Crippen LogP contribution in [-0.4, -0.2) is 0 Å². The molecule has 3 heterocycles. The molecule has 0 fully saturated rings. The van der Waals surface area contributed by atoms with Crippen molar-refractivity contribution in [1.29, 1.82) is 0 Å². The van der Waals surface area contributed by atoms with E-state index in [1.807, 2.05) is 47.8 Å². The fraction of sp³-hybridized carbons (Fsp3) is 0.0417. The molecule has 0 saturated heterocycles. The molecule has 1 N–H and O–H groups in total. The van der Waals surface area contributed by atoms with E-state index >= 15 is 0 Å². The number of fused-ring (bicyclic) bond motifs is 7. The van der Waals surface area contributed by atoms with E-state index in [0.29, 0.717) is 11.1 Å². The predicted octanol–water partition coefficient (Wildman–Crippen LogP) is 6.19. The second-order valence-corrected chi connectivity index (χ2v) is 7.96. The molecule has 5 aromatic rings. The first-order chi connectivity index (χ1) is 13.8. The molecular weight excluding hydrogens is 366 g/mol. The van der Waals surface area contributed by atoms with Crippen molar-refractivity contribution in [3.8, 4) is 11.1 Å². The molecule has 0 aliphatic carbocycles. The Kier molecular flexibility index (Phi) is 3.25. The van der Waals surface area contributed by atoms with Gasteiger partial charge in [0, 0.05) is 27.1 Å². The van der Waals surface area contributed by atoms with Gasteiger partial charge in [0.15, 0.2) is 0 Å². The molecule has 4 heteroatoms. The summed E-state index contributed by atoms with van der Waals surface area (Å²) >= 11 is 1.64. The van der Waals surface area contributed by atoms with Gasteiger partial charge in [0.2, 0.25) is 0 Å². The van der Waals surface area contributed by atoms with Crippen molar-refractivity contribution in [2.45, 2.75) is 6.04 Å². The molecule has 0 spiro atoms. The van der Waals surface area contributed by atoms with Gasteiger partial charge in [-0.15, -0.1) is 11.3 Å². The van der Waals surface area contributed by atoms with Crippen molar-refractivity contribution in [3.63, 3.8) is 0 Å². The third-order valence-electron chi connectivity index (χ3n) is 5.44. The van der Waals surface area contributed by atoms with Crippen molar-refractivity contribution < 1.29 is 4.42 Å². The van der Waals surface area contributed by atoms with E-state index in [0.717, 1.165) is 37.9 Å². The van der Waals surface area contributed by atoms with Crippen LogP contribution >= 0.6 is 11.3 Å². The standard InChI is InChI=1S/C24H15NO2S/c26-24-22-21(16-8-3-4-9-18(16)27-24)20-15-7-2-1-6-14(15)11-12-17(20)25-23(22)19-10-5-13-28-19/h1-13,23,25H/t23-/m1/s1. The van der Waals surface area contributed by atoms with Crippen molar-refractivity contribution in [2.75, 3.05) is 5.32 Å². The molecule has 0 amide bonds. The maximum Gasteiger partial charge on any atom is 0.342 e. The highest BCUT2D eigenvalue weighted by molar-refractivity contribution is 7.10. The second-order valence-electron chi connectivity index (χ2n) is 6.98. The third-order valence-corrected chi connectivity index (χ3v) is 6.38. The van der Waals surface area contributed by atoms with Crippen molar-refractivity contribution in [3.05, 3.63) is 99.0 Å². The zero-order chi connectivity index (χ0) is 18.7. The summed E-state index contributed by atoms with van der Waals surface area (Å²) in [6, 6.07) is 24.2. The molecule has 1 aliphatic heterocycles. The zero-order valence-electron chi connectivity index (χ0n) is 14.8. The Balaban J connectivity index is 1.82. The van der Waals surface area contributed by atoms with Crippen LogP contribution in [0.5, 0.6) is 0 Å². The topological polar surface area (TPSA) is 42.2 Å². The van der Waals surface area contributed by atoms with Crippen molar-refractivity contribution in [1.82, 2.24) is 0 Å². The number of para-hydroxylation sites is 1. The third kappa shape index (κ3) is 2.12. The molecule has 3 nitrogen and oxygen atoms in total. The molecule has 3 aromatic carbocycles. The van der Waals surface area contributed by atoms with Gasteiger partial charge in [-0.05, 0) is 34.4 Å². The van der Waals surface area contributed by atoms with Crippen LogP contribution in [0.3, 0.4) is 0 Å². The van der Waals surface area contributed by atoms with E-state index < -0.39 is 0 Å². The summed E-state index contributed by atoms with van der Waals surface area (Å²) in [7, 11) is 0. The highest BCUT2D eigenvalue weighted by atomic mass is 32.1. The lowest BCUT2D eigenvalue weighted by molar-refractivity contribution is 0.548. The minimum absolute atomic E-state index is 0.218. The van der Waals surface area contributed by atoms with Crippen LogP contribution in [0.15, 0.2) is 87.4 Å². The molecule has 1 atom stereocenters. The van der Waals surface area contributed by atoms with Crippen LogP contribution in [0.4, 0.5) is 5.69 Å². The number of hydrogen-bond acceptors (Lipinski definition) is 4. The Labute approximate surface area is 164 Å². The summed E-state index contributed by atoms with van der Waals surface area (Å²) in [6.45, 7) is 0. The van der Waals surface area contributed by atoms with Crippen LogP contribution in [0.25, 0.3) is 32.9 Å². The van der Waals surface area contributed by atoms with E-state index in [4.69, 9.17) is 4.42 Å². The fourth-order valence-corrected chi connectivity index (χ4v) is 5.04. The van der Waals surface area contributed by atoms with Crippen LogP contribution in [0.1, 0.15) is 16.5 Å². The van der Waals surface area contributed by atoms with E-state index in [1.165, 1.54) is 0 Å². The Morgan fingerprint density at radius 2 is 1.64 bits per heavy atom. The first kappa shape index (κ1) is 15.7. The van der Waals surface area contributed by atoms with Gasteiger partial charge in [-0.2, -0.15) is 0 Å². The first-order valence-corrected chi connectivity index (χ1v) is 10.1. The lowest BCUT2D eigenvalue weighted by Crippen LogP contribution is -2.25. The summed E-state index contributed by atoms with van der Waals surface area (Å²) in [5.74, 6) is 0. The SMILES string of the molecule is O=c1oc2ccccc2c2c1[C@@H](c1cccs1)Nc1ccc3ccccc3c1-2. The lowest BCUT2D eigenvalue weighted by Gasteiger charge is -2.30. The number of hydrogen-bond donors (Lipinski definition) is 1. The minimum atomic E-state index is -0.279. The molecule has 28 heavy (non-hydrogen) atoms. The van der Waals surface area contributed by atoms with Crippen LogP contribution in [0, 0.1) is 0 Å². The van der Waals surface area contributed by atoms with Crippen molar-refractivity contribution in [2.24, 2.45) is 0 Å². The predicted molar refractivity (Wildman–Crippen MR) is 115 cm³/mol. The Bertz CT molecular complexity index is 1420. The molecule has 0 bridgehead atoms. The van der Waals surface area contributed by atoms with Gasteiger partial charge in [-0.25, -0.2) is 4.79 Å². The average molecular weight is 381 g/mol. The van der Waals surface area contributed by atoms with E-state index in [9.17, 15) is 4.79 Å². The normalized spacial score (nSPS) is 15.2. The van der Waals surface area contributed by atoms with Crippen LogP contribution < -0.4 is 10.9 Å². The summed E-state index contributed by atoms with van der Waals surface area (Å²) in [6.07, 6.45) is 0.